The summed E-state index contributed by atoms with van der Waals surface area (Å²) < 4.78 is 0. The minimum absolute atomic E-state index is 0.321. The summed E-state index contributed by atoms with van der Waals surface area (Å²) in [5.74, 6) is 0.321. The maximum atomic E-state index is 10.0. The lowest BCUT2D eigenvalue weighted by Crippen LogP contribution is -2.09. The monoisotopic (exact) mass is 193 g/mol. The predicted molar refractivity (Wildman–Crippen MR) is 58.0 cm³/mol. The van der Waals surface area contributed by atoms with Crippen molar-refractivity contribution in [3.8, 4) is 0 Å². The topological polar surface area (TPSA) is 33.1 Å². The first kappa shape index (κ1) is 11.2. The second-order valence-electron chi connectivity index (χ2n) is 3.94. The van der Waals surface area contributed by atoms with E-state index < -0.39 is 0 Å². The molecule has 78 valence electrons. The molecule has 0 radical (unpaired) electrons. The molecule has 0 aliphatic rings. The molecule has 2 nitrogen and oxygen atoms in total. The fourth-order valence-electron chi connectivity index (χ4n) is 1.69. The van der Waals surface area contributed by atoms with Crippen molar-refractivity contribution in [2.45, 2.75) is 39.7 Å². The molecule has 1 aromatic rings. The fraction of sp³-hybridized carbons (Fsp3) is 0.583. The van der Waals surface area contributed by atoms with Crippen LogP contribution in [0.2, 0.25) is 0 Å². The average molecular weight is 193 g/mol. The first-order valence-electron chi connectivity index (χ1n) is 5.25. The van der Waals surface area contributed by atoms with E-state index in [1.54, 1.807) is 6.20 Å². The van der Waals surface area contributed by atoms with Crippen molar-refractivity contribution < 1.29 is 5.11 Å². The maximum absolute atomic E-state index is 10.0. The van der Waals surface area contributed by atoms with Gasteiger partial charge in [0.25, 0.3) is 0 Å². The third-order valence-electron chi connectivity index (χ3n) is 2.55. The Bertz CT molecular complexity index is 285. The van der Waals surface area contributed by atoms with Crippen LogP contribution < -0.4 is 0 Å². The Morgan fingerprint density at radius 3 is 2.79 bits per heavy atom. The highest BCUT2D eigenvalue weighted by molar-refractivity contribution is 5.18. The number of aliphatic hydroxyl groups is 1. The van der Waals surface area contributed by atoms with Crippen LogP contribution in [-0.2, 0) is 0 Å². The van der Waals surface area contributed by atoms with E-state index >= 15 is 0 Å². The van der Waals surface area contributed by atoms with Crippen molar-refractivity contribution in [2.75, 3.05) is 0 Å². The van der Waals surface area contributed by atoms with E-state index in [9.17, 15) is 5.11 Å². The van der Waals surface area contributed by atoms with Crippen LogP contribution in [0.5, 0.6) is 0 Å². The van der Waals surface area contributed by atoms with Gasteiger partial charge in [-0.15, -0.1) is 0 Å². The van der Waals surface area contributed by atoms with Gasteiger partial charge in [-0.25, -0.2) is 0 Å². The van der Waals surface area contributed by atoms with Crippen molar-refractivity contribution in [3.63, 3.8) is 0 Å². The highest BCUT2D eigenvalue weighted by Gasteiger charge is 2.15. The molecule has 14 heavy (non-hydrogen) atoms. The summed E-state index contributed by atoms with van der Waals surface area (Å²) in [6, 6.07) is 3.85. The van der Waals surface area contributed by atoms with Crippen molar-refractivity contribution in [2.24, 2.45) is 5.92 Å². The highest BCUT2D eigenvalue weighted by Crippen LogP contribution is 2.24. The molecular weight excluding hydrogens is 174 g/mol. The van der Waals surface area contributed by atoms with E-state index in [2.05, 4.69) is 18.8 Å². The molecule has 1 N–H and O–H groups in total. The van der Waals surface area contributed by atoms with Gasteiger partial charge in [-0.2, -0.15) is 0 Å². The first-order valence-corrected chi connectivity index (χ1v) is 5.25. The molecule has 0 saturated carbocycles. The third kappa shape index (κ3) is 2.81. The lowest BCUT2D eigenvalue weighted by molar-refractivity contribution is 0.112. The second-order valence-corrected chi connectivity index (χ2v) is 3.94. The Balaban J connectivity index is 2.73. The molecule has 2 atom stereocenters. The zero-order valence-corrected chi connectivity index (χ0v) is 9.20. The molecule has 0 bridgehead atoms. The van der Waals surface area contributed by atoms with Crippen LogP contribution in [0.25, 0.3) is 0 Å². The minimum Gasteiger partial charge on any atom is -0.388 e. The summed E-state index contributed by atoms with van der Waals surface area (Å²) in [5.41, 5.74) is 1.95. The van der Waals surface area contributed by atoms with Crippen LogP contribution in [-0.4, -0.2) is 10.1 Å². The van der Waals surface area contributed by atoms with Crippen LogP contribution >= 0.6 is 0 Å². The largest absolute Gasteiger partial charge is 0.388 e. The number of nitrogens with zero attached hydrogens (tertiary/aromatic N) is 1. The molecule has 0 amide bonds. The highest BCUT2D eigenvalue weighted by atomic mass is 16.3. The standard InChI is InChI=1S/C12H19NO/c1-4-5-9(2)12(14)11-6-7-13-10(3)8-11/h6-9,12,14H,4-5H2,1-3H3. The van der Waals surface area contributed by atoms with Crippen molar-refractivity contribution in [1.29, 1.82) is 0 Å². The molecule has 1 rings (SSSR count). The van der Waals surface area contributed by atoms with E-state index in [-0.39, 0.29) is 6.10 Å². The molecule has 2 heteroatoms. The summed E-state index contributed by atoms with van der Waals surface area (Å²) >= 11 is 0. The summed E-state index contributed by atoms with van der Waals surface area (Å²) in [4.78, 5) is 4.12. The zero-order valence-electron chi connectivity index (χ0n) is 9.20. The normalized spacial score (nSPS) is 15.1. The Hall–Kier alpha value is -0.890. The maximum Gasteiger partial charge on any atom is 0.0816 e. The van der Waals surface area contributed by atoms with E-state index in [1.807, 2.05) is 19.1 Å². The van der Waals surface area contributed by atoms with Gasteiger partial charge in [0.2, 0.25) is 0 Å². The molecular formula is C12H19NO. The molecule has 0 saturated heterocycles. The van der Waals surface area contributed by atoms with Gasteiger partial charge in [-0.3, -0.25) is 4.98 Å². The van der Waals surface area contributed by atoms with E-state index in [4.69, 9.17) is 0 Å². The van der Waals surface area contributed by atoms with Gasteiger partial charge >= 0.3 is 0 Å². The van der Waals surface area contributed by atoms with E-state index in [0.29, 0.717) is 5.92 Å². The number of aliphatic hydroxyl groups excluding tert-OH is 1. The van der Waals surface area contributed by atoms with Gasteiger partial charge in [0.1, 0.15) is 0 Å². The third-order valence-corrected chi connectivity index (χ3v) is 2.55. The Labute approximate surface area is 86.0 Å². The Morgan fingerprint density at radius 1 is 1.50 bits per heavy atom. The van der Waals surface area contributed by atoms with Crippen molar-refractivity contribution in [3.05, 3.63) is 29.6 Å². The summed E-state index contributed by atoms with van der Waals surface area (Å²) in [6.07, 6.45) is 3.58. The summed E-state index contributed by atoms with van der Waals surface area (Å²) in [6.45, 7) is 6.17. The number of hydrogen-bond donors (Lipinski definition) is 1. The van der Waals surface area contributed by atoms with E-state index in [1.165, 1.54) is 0 Å². The molecule has 0 aliphatic heterocycles. The van der Waals surface area contributed by atoms with Gasteiger partial charge in [0.05, 0.1) is 6.10 Å². The molecule has 0 aromatic carbocycles. The van der Waals surface area contributed by atoms with Crippen molar-refractivity contribution >= 4 is 0 Å². The van der Waals surface area contributed by atoms with Crippen LogP contribution in [0.4, 0.5) is 0 Å². The molecule has 1 aromatic heterocycles. The zero-order chi connectivity index (χ0) is 10.6. The average Bonchev–Trinajstić information content (AvgIpc) is 2.17. The van der Waals surface area contributed by atoms with Crippen molar-refractivity contribution in [1.82, 2.24) is 4.98 Å². The van der Waals surface area contributed by atoms with Crippen LogP contribution in [0.3, 0.4) is 0 Å². The van der Waals surface area contributed by atoms with Crippen LogP contribution in [0, 0.1) is 12.8 Å². The summed E-state index contributed by atoms with van der Waals surface area (Å²) in [5, 5.41) is 10.0. The quantitative estimate of drug-likeness (QED) is 0.797. The lowest BCUT2D eigenvalue weighted by Gasteiger charge is -2.18. The van der Waals surface area contributed by atoms with Gasteiger partial charge < -0.3 is 5.11 Å². The molecule has 1 heterocycles. The smallest absolute Gasteiger partial charge is 0.0816 e. The SMILES string of the molecule is CCCC(C)C(O)c1ccnc(C)c1. The Kier molecular flexibility index (Phi) is 4.08. The predicted octanol–water partition coefficient (Wildman–Crippen LogP) is 2.86. The van der Waals surface area contributed by atoms with Crippen LogP contribution in [0.15, 0.2) is 18.3 Å². The number of aromatic nitrogens is 1. The summed E-state index contributed by atoms with van der Waals surface area (Å²) in [7, 11) is 0. The van der Waals surface area contributed by atoms with Gasteiger partial charge in [-0.05, 0) is 37.0 Å². The van der Waals surface area contributed by atoms with Gasteiger partial charge in [0.15, 0.2) is 0 Å². The number of pyridine rings is 1. The van der Waals surface area contributed by atoms with E-state index in [0.717, 1.165) is 24.1 Å². The number of rotatable bonds is 4. The minimum atomic E-state index is -0.350. The van der Waals surface area contributed by atoms with Gasteiger partial charge in [0, 0.05) is 11.9 Å². The molecule has 2 unspecified atom stereocenters. The molecule has 0 aliphatic carbocycles. The Morgan fingerprint density at radius 2 is 2.21 bits per heavy atom. The van der Waals surface area contributed by atoms with Gasteiger partial charge in [-0.1, -0.05) is 20.3 Å². The second kappa shape index (κ2) is 5.11. The number of aryl methyl sites for hydroxylation is 1. The molecule has 0 fully saturated rings. The lowest BCUT2D eigenvalue weighted by atomic mass is 9.94. The first-order chi connectivity index (χ1) is 6.65. The molecule has 0 spiro atoms. The number of hydrogen-bond acceptors (Lipinski definition) is 2. The fourth-order valence-corrected chi connectivity index (χ4v) is 1.69. The van der Waals surface area contributed by atoms with Crippen LogP contribution in [0.1, 0.15) is 44.1 Å².